The van der Waals surface area contributed by atoms with Crippen LogP contribution in [0.3, 0.4) is 0 Å². The second-order valence-electron chi connectivity index (χ2n) is 12.5. The third-order valence-corrected chi connectivity index (χ3v) is 7.43. The van der Waals surface area contributed by atoms with E-state index < -0.39 is 11.7 Å². The molecule has 0 saturated carbocycles. The predicted molar refractivity (Wildman–Crippen MR) is 173 cm³/mol. The van der Waals surface area contributed by atoms with Crippen molar-refractivity contribution in [3.8, 4) is 11.5 Å². The van der Waals surface area contributed by atoms with Crippen LogP contribution in [0.15, 0.2) is 48.5 Å². The predicted octanol–water partition coefficient (Wildman–Crippen LogP) is 4.10. The van der Waals surface area contributed by atoms with Crippen LogP contribution >= 0.6 is 0 Å². The first-order chi connectivity index (χ1) is 21.4. The van der Waals surface area contributed by atoms with Gasteiger partial charge in [-0.15, -0.1) is 0 Å². The molecule has 0 bridgehead atoms. The fourth-order valence-electron chi connectivity index (χ4n) is 5.10. The molecule has 45 heavy (non-hydrogen) atoms. The minimum Gasteiger partial charge on any atom is -0.493 e. The highest BCUT2D eigenvalue weighted by atomic mass is 16.6. The van der Waals surface area contributed by atoms with Gasteiger partial charge in [-0.05, 0) is 58.4 Å². The Labute approximate surface area is 267 Å². The summed E-state index contributed by atoms with van der Waals surface area (Å²) in [4.78, 5) is 43.1. The van der Waals surface area contributed by atoms with E-state index in [0.29, 0.717) is 62.9 Å². The van der Waals surface area contributed by atoms with E-state index in [1.54, 1.807) is 42.2 Å². The topological polar surface area (TPSA) is 119 Å². The number of carbonyl (C=O) groups excluding carboxylic acids is 3. The van der Waals surface area contributed by atoms with E-state index in [1.165, 1.54) is 0 Å². The largest absolute Gasteiger partial charge is 0.493 e. The molecular formula is C34H50N4O7. The first-order valence-corrected chi connectivity index (χ1v) is 15.5. The van der Waals surface area contributed by atoms with Gasteiger partial charge in [0.2, 0.25) is 5.91 Å². The molecule has 3 amide bonds. The van der Waals surface area contributed by atoms with Crippen LogP contribution in [0.4, 0.5) is 4.79 Å². The summed E-state index contributed by atoms with van der Waals surface area (Å²) in [7, 11) is 3.20. The second kappa shape index (κ2) is 17.0. The third kappa shape index (κ3) is 11.2. The fourth-order valence-corrected chi connectivity index (χ4v) is 5.10. The lowest BCUT2D eigenvalue weighted by atomic mass is 10.0. The molecule has 0 aliphatic carbocycles. The Balaban J connectivity index is 1.74. The van der Waals surface area contributed by atoms with E-state index in [0.717, 1.165) is 5.56 Å². The number of hydrogen-bond acceptors (Lipinski definition) is 8. The summed E-state index contributed by atoms with van der Waals surface area (Å²) in [5.41, 5.74) is 0.833. The number of nitrogens with zero attached hydrogens (tertiary/aromatic N) is 2. The van der Waals surface area contributed by atoms with Crippen molar-refractivity contribution in [3.05, 3.63) is 59.7 Å². The van der Waals surface area contributed by atoms with Crippen molar-refractivity contribution in [1.29, 1.82) is 0 Å². The summed E-state index contributed by atoms with van der Waals surface area (Å²) in [6, 6.07) is 14.5. The SMILES string of the molecule is COCCCOc1cc(C(=O)N(C[C@H]2CN(C(=O)OC(C)(C)C)C[C@H]2NCC(=O)NCc2ccccc2)C(C)C)ccc1OC. The summed E-state index contributed by atoms with van der Waals surface area (Å²) < 4.78 is 22.1. The van der Waals surface area contributed by atoms with Crippen molar-refractivity contribution in [2.24, 2.45) is 5.92 Å². The van der Waals surface area contributed by atoms with Gasteiger partial charge in [-0.3, -0.25) is 9.59 Å². The van der Waals surface area contributed by atoms with E-state index >= 15 is 0 Å². The van der Waals surface area contributed by atoms with Crippen molar-refractivity contribution in [2.75, 3.05) is 53.6 Å². The normalized spacial score (nSPS) is 16.4. The lowest BCUT2D eigenvalue weighted by Crippen LogP contribution is -2.48. The molecule has 2 aromatic carbocycles. The standard InChI is InChI=1S/C34H50N4O7/c1-24(2)38(32(40)26-14-15-29(43-7)30(18-26)44-17-11-16-42-6)22-27-21-37(33(41)45-34(3,4)5)23-28(27)35-20-31(39)36-19-25-12-9-8-10-13-25/h8-10,12-15,18,24,27-28,35H,11,16-17,19-23H2,1-7H3,(H,36,39)/t27-,28-/m1/s1. The molecule has 1 fully saturated rings. The molecule has 11 nitrogen and oxygen atoms in total. The van der Waals surface area contributed by atoms with Gasteiger partial charge >= 0.3 is 6.09 Å². The van der Waals surface area contributed by atoms with Gasteiger partial charge in [-0.25, -0.2) is 4.79 Å². The number of ether oxygens (including phenoxy) is 4. The zero-order chi connectivity index (χ0) is 33.0. The molecule has 3 rings (SSSR count). The van der Waals surface area contributed by atoms with Crippen LogP contribution in [0.2, 0.25) is 0 Å². The Morgan fingerprint density at radius 2 is 1.73 bits per heavy atom. The van der Waals surface area contributed by atoms with Gasteiger partial charge in [0.25, 0.3) is 5.91 Å². The Bertz CT molecular complexity index is 1250. The highest BCUT2D eigenvalue weighted by Crippen LogP contribution is 2.30. The summed E-state index contributed by atoms with van der Waals surface area (Å²) in [5, 5.41) is 6.29. The third-order valence-electron chi connectivity index (χ3n) is 7.43. The molecule has 0 radical (unpaired) electrons. The molecule has 2 atom stereocenters. The average Bonchev–Trinajstić information content (AvgIpc) is 3.42. The maximum atomic E-state index is 13.9. The van der Waals surface area contributed by atoms with Gasteiger partial charge in [0.15, 0.2) is 11.5 Å². The fraction of sp³-hybridized carbons (Fsp3) is 0.559. The van der Waals surface area contributed by atoms with Gasteiger partial charge in [0, 0.05) is 69.9 Å². The summed E-state index contributed by atoms with van der Waals surface area (Å²) >= 11 is 0. The Morgan fingerprint density at radius 3 is 2.38 bits per heavy atom. The van der Waals surface area contributed by atoms with E-state index in [9.17, 15) is 14.4 Å². The van der Waals surface area contributed by atoms with Crippen LogP contribution in [0.25, 0.3) is 0 Å². The minimum atomic E-state index is -0.646. The Morgan fingerprint density at radius 1 is 1.00 bits per heavy atom. The van der Waals surface area contributed by atoms with Crippen LogP contribution in [-0.2, 0) is 20.8 Å². The molecule has 11 heteroatoms. The molecule has 0 aromatic heterocycles. The first kappa shape index (κ1) is 35.6. The van der Waals surface area contributed by atoms with Gasteiger partial charge in [0.1, 0.15) is 5.60 Å². The number of amides is 3. The van der Waals surface area contributed by atoms with Gasteiger partial charge in [-0.1, -0.05) is 30.3 Å². The second-order valence-corrected chi connectivity index (χ2v) is 12.5. The number of rotatable bonds is 15. The minimum absolute atomic E-state index is 0.0774. The molecule has 1 aliphatic rings. The van der Waals surface area contributed by atoms with E-state index in [1.807, 2.05) is 65.0 Å². The van der Waals surface area contributed by atoms with Crippen LogP contribution in [-0.4, -0.2) is 99.0 Å². The lowest BCUT2D eigenvalue weighted by molar-refractivity contribution is -0.120. The van der Waals surface area contributed by atoms with Crippen molar-refractivity contribution in [1.82, 2.24) is 20.4 Å². The van der Waals surface area contributed by atoms with Crippen molar-refractivity contribution in [2.45, 2.75) is 65.3 Å². The number of carbonyl (C=O) groups is 3. The molecule has 2 aromatic rings. The number of benzene rings is 2. The smallest absolute Gasteiger partial charge is 0.410 e. The zero-order valence-corrected chi connectivity index (χ0v) is 27.8. The lowest BCUT2D eigenvalue weighted by Gasteiger charge is -2.32. The highest BCUT2D eigenvalue weighted by Gasteiger charge is 2.39. The summed E-state index contributed by atoms with van der Waals surface area (Å²) in [5.74, 6) is 0.569. The van der Waals surface area contributed by atoms with E-state index in [2.05, 4.69) is 10.6 Å². The monoisotopic (exact) mass is 626 g/mol. The molecule has 248 valence electrons. The van der Waals surface area contributed by atoms with Crippen molar-refractivity contribution >= 4 is 17.9 Å². The molecule has 1 aliphatic heterocycles. The van der Waals surface area contributed by atoms with Gasteiger partial charge in [0.05, 0.1) is 20.3 Å². The van der Waals surface area contributed by atoms with Gasteiger partial charge in [-0.2, -0.15) is 0 Å². The molecular weight excluding hydrogens is 576 g/mol. The maximum Gasteiger partial charge on any atom is 0.410 e. The zero-order valence-electron chi connectivity index (χ0n) is 27.8. The van der Waals surface area contributed by atoms with Crippen LogP contribution < -0.4 is 20.1 Å². The highest BCUT2D eigenvalue weighted by molar-refractivity contribution is 5.95. The Kier molecular flexibility index (Phi) is 13.5. The summed E-state index contributed by atoms with van der Waals surface area (Å²) in [6.45, 7) is 12.0. The Hall–Kier alpha value is -3.83. The van der Waals surface area contributed by atoms with Crippen LogP contribution in [0, 0.1) is 5.92 Å². The van der Waals surface area contributed by atoms with Gasteiger partial charge < -0.3 is 39.4 Å². The summed E-state index contributed by atoms with van der Waals surface area (Å²) in [6.07, 6.45) is 0.280. The number of methoxy groups -OCH3 is 2. The van der Waals surface area contributed by atoms with E-state index in [4.69, 9.17) is 18.9 Å². The number of nitrogens with one attached hydrogen (secondary N) is 2. The molecule has 0 unspecified atom stereocenters. The quantitative estimate of drug-likeness (QED) is 0.284. The number of hydrogen-bond donors (Lipinski definition) is 2. The molecule has 1 heterocycles. The molecule has 1 saturated heterocycles. The molecule has 0 spiro atoms. The van der Waals surface area contributed by atoms with Crippen molar-refractivity contribution < 1.29 is 33.3 Å². The van der Waals surface area contributed by atoms with Crippen LogP contribution in [0.5, 0.6) is 11.5 Å². The average molecular weight is 627 g/mol. The first-order valence-electron chi connectivity index (χ1n) is 15.5. The number of likely N-dealkylation sites (tertiary alicyclic amines) is 1. The maximum absolute atomic E-state index is 13.9. The van der Waals surface area contributed by atoms with Crippen LogP contribution in [0.1, 0.15) is 57.0 Å². The molecule has 2 N–H and O–H groups in total. The van der Waals surface area contributed by atoms with Crippen molar-refractivity contribution in [3.63, 3.8) is 0 Å². The van der Waals surface area contributed by atoms with E-state index in [-0.39, 0.29) is 36.4 Å².